The Morgan fingerprint density at radius 3 is 2.55 bits per heavy atom. The molecule has 1 saturated heterocycles. The van der Waals surface area contributed by atoms with Crippen molar-refractivity contribution >= 4 is 6.09 Å². The molecule has 2 aliphatic rings. The Bertz CT molecular complexity index is 338. The van der Waals surface area contributed by atoms with E-state index >= 15 is 0 Å². The van der Waals surface area contributed by atoms with Crippen molar-refractivity contribution in [1.29, 1.82) is 0 Å². The van der Waals surface area contributed by atoms with Crippen LogP contribution in [-0.2, 0) is 4.74 Å². The predicted molar refractivity (Wildman–Crippen MR) is 80.5 cm³/mol. The van der Waals surface area contributed by atoms with Crippen molar-refractivity contribution in [2.45, 2.75) is 83.4 Å². The highest BCUT2D eigenvalue weighted by atomic mass is 16.6. The van der Waals surface area contributed by atoms with Gasteiger partial charge in [-0.3, -0.25) is 0 Å². The molecule has 0 spiro atoms. The Morgan fingerprint density at radius 2 is 1.90 bits per heavy atom. The summed E-state index contributed by atoms with van der Waals surface area (Å²) in [5, 5.41) is 0. The molecule has 2 N–H and O–H groups in total. The molecular formula is C16H30N2O2. The van der Waals surface area contributed by atoms with Crippen LogP contribution in [0.15, 0.2) is 0 Å². The molecular weight excluding hydrogens is 252 g/mol. The number of carbonyl (C=O) groups excluding carboxylic acids is 1. The van der Waals surface area contributed by atoms with Gasteiger partial charge in [0.2, 0.25) is 0 Å². The summed E-state index contributed by atoms with van der Waals surface area (Å²) in [5.41, 5.74) is 5.71. The molecule has 4 nitrogen and oxygen atoms in total. The lowest BCUT2D eigenvalue weighted by Crippen LogP contribution is -2.51. The van der Waals surface area contributed by atoms with Gasteiger partial charge in [-0.05, 0) is 65.2 Å². The fourth-order valence-corrected chi connectivity index (χ4v) is 3.61. The van der Waals surface area contributed by atoms with Gasteiger partial charge in [0.05, 0.1) is 0 Å². The topological polar surface area (TPSA) is 55.6 Å². The van der Waals surface area contributed by atoms with Crippen LogP contribution in [-0.4, -0.2) is 35.2 Å². The third kappa shape index (κ3) is 4.11. The fraction of sp³-hybridized carbons (Fsp3) is 0.938. The van der Waals surface area contributed by atoms with E-state index in [0.717, 1.165) is 32.2 Å². The zero-order valence-electron chi connectivity index (χ0n) is 13.2. The van der Waals surface area contributed by atoms with E-state index in [1.54, 1.807) is 0 Å². The SMILES string of the molecule is CC(C)(C)OC(=O)N1CCCC[C@H]1[C@H]1CCC[C@H](N)C1. The Labute approximate surface area is 123 Å². The lowest BCUT2D eigenvalue weighted by molar-refractivity contribution is -0.00234. The first-order valence-electron chi connectivity index (χ1n) is 8.12. The number of hydrogen-bond acceptors (Lipinski definition) is 3. The van der Waals surface area contributed by atoms with Crippen LogP contribution in [0.2, 0.25) is 0 Å². The number of likely N-dealkylation sites (tertiary alicyclic amines) is 1. The molecule has 20 heavy (non-hydrogen) atoms. The van der Waals surface area contributed by atoms with Gasteiger partial charge in [0.25, 0.3) is 0 Å². The Balaban J connectivity index is 2.02. The quantitative estimate of drug-likeness (QED) is 0.803. The van der Waals surface area contributed by atoms with Crippen molar-refractivity contribution in [3.8, 4) is 0 Å². The summed E-state index contributed by atoms with van der Waals surface area (Å²) in [5.74, 6) is 0.562. The summed E-state index contributed by atoms with van der Waals surface area (Å²) in [7, 11) is 0. The number of ether oxygens (including phenoxy) is 1. The van der Waals surface area contributed by atoms with E-state index in [9.17, 15) is 4.79 Å². The van der Waals surface area contributed by atoms with E-state index in [1.807, 2.05) is 25.7 Å². The first-order chi connectivity index (χ1) is 9.37. The number of nitrogens with two attached hydrogens (primary N) is 1. The maximum Gasteiger partial charge on any atom is 0.410 e. The minimum absolute atomic E-state index is 0.138. The van der Waals surface area contributed by atoms with Crippen LogP contribution in [0.4, 0.5) is 4.79 Å². The molecule has 0 unspecified atom stereocenters. The van der Waals surface area contributed by atoms with Gasteiger partial charge in [-0.15, -0.1) is 0 Å². The second-order valence-corrected chi connectivity index (χ2v) is 7.42. The highest BCUT2D eigenvalue weighted by Crippen LogP contribution is 2.34. The molecule has 4 heteroatoms. The van der Waals surface area contributed by atoms with Crippen molar-refractivity contribution in [2.75, 3.05) is 6.54 Å². The van der Waals surface area contributed by atoms with Crippen LogP contribution >= 0.6 is 0 Å². The van der Waals surface area contributed by atoms with Crippen LogP contribution in [0.1, 0.15) is 65.7 Å². The standard InChI is InChI=1S/C16H30N2O2/c1-16(2,3)20-15(19)18-10-5-4-9-14(18)12-7-6-8-13(17)11-12/h12-14H,4-11,17H2,1-3H3/t12-,13-,14-/m0/s1. The molecule has 0 aromatic carbocycles. The molecule has 0 bridgehead atoms. The molecule has 116 valence electrons. The summed E-state index contributed by atoms with van der Waals surface area (Å²) < 4.78 is 5.58. The van der Waals surface area contributed by atoms with Gasteiger partial charge >= 0.3 is 6.09 Å². The Morgan fingerprint density at radius 1 is 1.15 bits per heavy atom. The molecule has 2 rings (SSSR count). The van der Waals surface area contributed by atoms with Crippen molar-refractivity contribution in [3.05, 3.63) is 0 Å². The molecule has 3 atom stereocenters. The van der Waals surface area contributed by atoms with E-state index in [0.29, 0.717) is 18.0 Å². The van der Waals surface area contributed by atoms with Gasteiger partial charge in [0.15, 0.2) is 0 Å². The summed E-state index contributed by atoms with van der Waals surface area (Å²) in [6, 6.07) is 0.654. The summed E-state index contributed by atoms with van der Waals surface area (Å²) >= 11 is 0. The number of piperidine rings is 1. The molecule has 1 saturated carbocycles. The molecule has 1 heterocycles. The molecule has 1 aliphatic carbocycles. The van der Waals surface area contributed by atoms with Crippen LogP contribution in [0.5, 0.6) is 0 Å². The number of hydrogen-bond donors (Lipinski definition) is 1. The number of nitrogens with zero attached hydrogens (tertiary/aromatic N) is 1. The van der Waals surface area contributed by atoms with Crippen molar-refractivity contribution < 1.29 is 9.53 Å². The zero-order valence-corrected chi connectivity index (χ0v) is 13.2. The minimum atomic E-state index is -0.415. The normalized spacial score (nSPS) is 32.0. The first-order valence-corrected chi connectivity index (χ1v) is 8.12. The maximum absolute atomic E-state index is 12.4. The van der Waals surface area contributed by atoms with E-state index in [4.69, 9.17) is 10.5 Å². The summed E-state index contributed by atoms with van der Waals surface area (Å²) in [6.45, 7) is 6.63. The first kappa shape index (κ1) is 15.6. The highest BCUT2D eigenvalue weighted by Gasteiger charge is 2.36. The molecule has 0 aromatic rings. The number of amides is 1. The zero-order chi connectivity index (χ0) is 14.8. The number of carbonyl (C=O) groups is 1. The average Bonchev–Trinajstić information content (AvgIpc) is 2.37. The van der Waals surface area contributed by atoms with Crippen LogP contribution in [0.3, 0.4) is 0 Å². The van der Waals surface area contributed by atoms with Crippen LogP contribution < -0.4 is 5.73 Å². The molecule has 1 amide bonds. The monoisotopic (exact) mass is 282 g/mol. The van der Waals surface area contributed by atoms with Gasteiger partial charge in [-0.2, -0.15) is 0 Å². The largest absolute Gasteiger partial charge is 0.444 e. The Hall–Kier alpha value is -0.770. The van der Waals surface area contributed by atoms with E-state index < -0.39 is 5.60 Å². The summed E-state index contributed by atoms with van der Waals surface area (Å²) in [6.07, 6.45) is 7.88. The van der Waals surface area contributed by atoms with Gasteiger partial charge in [-0.25, -0.2) is 4.79 Å². The Kier molecular flexibility index (Phi) is 4.95. The molecule has 1 aliphatic heterocycles. The average molecular weight is 282 g/mol. The van der Waals surface area contributed by atoms with Crippen molar-refractivity contribution in [3.63, 3.8) is 0 Å². The highest BCUT2D eigenvalue weighted by molar-refractivity contribution is 5.68. The molecule has 0 aromatic heterocycles. The second-order valence-electron chi connectivity index (χ2n) is 7.42. The lowest BCUT2D eigenvalue weighted by atomic mass is 9.78. The van der Waals surface area contributed by atoms with Gasteiger partial charge in [-0.1, -0.05) is 6.42 Å². The van der Waals surface area contributed by atoms with Crippen LogP contribution in [0.25, 0.3) is 0 Å². The van der Waals surface area contributed by atoms with Crippen LogP contribution in [0, 0.1) is 5.92 Å². The lowest BCUT2D eigenvalue weighted by Gasteiger charge is -2.43. The smallest absolute Gasteiger partial charge is 0.410 e. The predicted octanol–water partition coefficient (Wildman–Crippen LogP) is 3.29. The maximum atomic E-state index is 12.4. The van der Waals surface area contributed by atoms with Crippen molar-refractivity contribution in [1.82, 2.24) is 4.90 Å². The van der Waals surface area contributed by atoms with Gasteiger partial charge in [0.1, 0.15) is 5.60 Å². The third-order valence-electron chi connectivity index (χ3n) is 4.48. The number of rotatable bonds is 1. The minimum Gasteiger partial charge on any atom is -0.444 e. The second kappa shape index (κ2) is 6.33. The van der Waals surface area contributed by atoms with E-state index in [-0.39, 0.29) is 6.09 Å². The van der Waals surface area contributed by atoms with E-state index in [2.05, 4.69) is 0 Å². The van der Waals surface area contributed by atoms with Crippen molar-refractivity contribution in [2.24, 2.45) is 11.7 Å². The molecule has 0 radical (unpaired) electrons. The summed E-state index contributed by atoms with van der Waals surface area (Å²) in [4.78, 5) is 14.4. The van der Waals surface area contributed by atoms with Gasteiger partial charge in [0, 0.05) is 18.6 Å². The third-order valence-corrected chi connectivity index (χ3v) is 4.48. The molecule has 2 fully saturated rings. The van der Waals surface area contributed by atoms with E-state index in [1.165, 1.54) is 19.3 Å². The fourth-order valence-electron chi connectivity index (χ4n) is 3.61. The van der Waals surface area contributed by atoms with Gasteiger partial charge < -0.3 is 15.4 Å².